The molecular weight excluding hydrogens is 440 g/mol. The molecule has 3 heterocycles. The molecule has 164 valence electrons. The second kappa shape index (κ2) is 8.26. The number of hydrogen-bond acceptors (Lipinski definition) is 3. The Morgan fingerprint density at radius 1 is 1.16 bits per heavy atom. The molecule has 0 spiro atoms. The fourth-order valence-corrected chi connectivity index (χ4v) is 6.53. The lowest BCUT2D eigenvalue weighted by Gasteiger charge is -2.45. The molecule has 1 fully saturated rings. The molecule has 1 saturated heterocycles. The van der Waals surface area contributed by atoms with Gasteiger partial charge in [0.2, 0.25) is 0 Å². The Kier molecular flexibility index (Phi) is 5.61. The van der Waals surface area contributed by atoms with E-state index in [9.17, 15) is 13.6 Å². The third-order valence-corrected chi connectivity index (χ3v) is 7.94. The van der Waals surface area contributed by atoms with Crippen molar-refractivity contribution in [2.45, 2.75) is 49.7 Å². The Balaban J connectivity index is 1.73. The largest absolute Gasteiger partial charge is 0.323 e. The summed E-state index contributed by atoms with van der Waals surface area (Å²) < 4.78 is 28.3. The number of carbonyl (C=O) groups is 1. The van der Waals surface area contributed by atoms with Crippen molar-refractivity contribution >= 4 is 35.1 Å². The SMILES string of the molecule is C[C@H]1CCCCN1C1NC(=O)N2CCCSc3c(-c4ccc(F)cc4F)c(Cl)cc1c32. The van der Waals surface area contributed by atoms with E-state index in [1.807, 2.05) is 6.07 Å². The summed E-state index contributed by atoms with van der Waals surface area (Å²) in [6.07, 6.45) is 3.90. The lowest BCUT2D eigenvalue weighted by atomic mass is 9.95. The Labute approximate surface area is 189 Å². The number of carbonyl (C=O) groups excluding carboxylic acids is 1. The molecule has 31 heavy (non-hydrogen) atoms. The number of amides is 2. The van der Waals surface area contributed by atoms with Gasteiger partial charge in [-0.15, -0.1) is 11.8 Å². The van der Waals surface area contributed by atoms with Crippen LogP contribution < -0.4 is 10.2 Å². The first-order chi connectivity index (χ1) is 15.0. The maximum Gasteiger partial charge on any atom is 0.323 e. The van der Waals surface area contributed by atoms with Crippen LogP contribution in [-0.2, 0) is 0 Å². The van der Waals surface area contributed by atoms with Crippen molar-refractivity contribution in [1.29, 1.82) is 0 Å². The highest BCUT2D eigenvalue weighted by Gasteiger charge is 2.40. The summed E-state index contributed by atoms with van der Waals surface area (Å²) in [6, 6.07) is 5.62. The molecule has 5 rings (SSSR count). The predicted octanol–water partition coefficient (Wildman–Crippen LogP) is 6.18. The van der Waals surface area contributed by atoms with Crippen molar-refractivity contribution in [2.75, 3.05) is 23.7 Å². The topological polar surface area (TPSA) is 35.6 Å². The van der Waals surface area contributed by atoms with Crippen molar-refractivity contribution < 1.29 is 13.6 Å². The zero-order valence-corrected chi connectivity index (χ0v) is 18.8. The molecule has 0 saturated carbocycles. The molecule has 3 aliphatic rings. The lowest BCUT2D eigenvalue weighted by Crippen LogP contribution is -2.55. The molecular formula is C23H24ClF2N3OS. The molecule has 8 heteroatoms. The monoisotopic (exact) mass is 463 g/mol. The zero-order chi connectivity index (χ0) is 21.7. The van der Waals surface area contributed by atoms with Gasteiger partial charge >= 0.3 is 6.03 Å². The number of halogens is 3. The van der Waals surface area contributed by atoms with E-state index in [4.69, 9.17) is 11.6 Å². The standard InChI is InChI=1S/C23H24ClF2N3OS/c1-13-5-2-3-8-28(13)22-16-12-17(24)19(15-7-6-14(25)11-18(15)26)21-20(16)29(23(30)27-22)9-4-10-31-21/h6-7,11-13,22H,2-5,8-10H2,1H3,(H,27,30)/t13-,22?/m0/s1. The van der Waals surface area contributed by atoms with E-state index in [1.165, 1.54) is 18.6 Å². The molecule has 1 unspecified atom stereocenters. The van der Waals surface area contributed by atoms with Crippen LogP contribution in [0.3, 0.4) is 0 Å². The number of anilines is 1. The van der Waals surface area contributed by atoms with Crippen molar-refractivity contribution in [2.24, 2.45) is 0 Å². The highest BCUT2D eigenvalue weighted by atomic mass is 35.5. The summed E-state index contributed by atoms with van der Waals surface area (Å²) in [4.78, 5) is 18.0. The molecule has 2 atom stereocenters. The molecule has 0 aliphatic carbocycles. The average molecular weight is 464 g/mol. The molecule has 3 aliphatic heterocycles. The van der Waals surface area contributed by atoms with Gasteiger partial charge in [0.15, 0.2) is 0 Å². The summed E-state index contributed by atoms with van der Waals surface area (Å²) in [5.41, 5.74) is 2.56. The highest BCUT2D eigenvalue weighted by molar-refractivity contribution is 7.99. The van der Waals surface area contributed by atoms with Gasteiger partial charge in [0, 0.05) is 46.8 Å². The average Bonchev–Trinajstić information content (AvgIpc) is 2.96. The molecule has 1 N–H and O–H groups in total. The Morgan fingerprint density at radius 3 is 2.77 bits per heavy atom. The van der Waals surface area contributed by atoms with Crippen molar-refractivity contribution in [3.05, 3.63) is 46.5 Å². The van der Waals surface area contributed by atoms with Gasteiger partial charge in [0.25, 0.3) is 0 Å². The lowest BCUT2D eigenvalue weighted by molar-refractivity contribution is 0.0879. The van der Waals surface area contributed by atoms with Crippen LogP contribution >= 0.6 is 23.4 Å². The number of hydrogen-bond donors (Lipinski definition) is 1. The van der Waals surface area contributed by atoms with Crippen LogP contribution in [-0.4, -0.2) is 35.8 Å². The number of benzene rings is 2. The van der Waals surface area contributed by atoms with Gasteiger partial charge in [-0.25, -0.2) is 13.6 Å². The quantitative estimate of drug-likeness (QED) is 0.577. The van der Waals surface area contributed by atoms with Crippen molar-refractivity contribution in [1.82, 2.24) is 10.2 Å². The number of rotatable bonds is 2. The van der Waals surface area contributed by atoms with Crippen LogP contribution in [0.15, 0.2) is 29.2 Å². The number of urea groups is 1. The summed E-state index contributed by atoms with van der Waals surface area (Å²) in [5, 5.41) is 3.61. The third kappa shape index (κ3) is 3.60. The number of likely N-dealkylation sites (tertiary alicyclic amines) is 1. The van der Waals surface area contributed by atoms with Gasteiger partial charge in [0.1, 0.15) is 17.8 Å². The van der Waals surface area contributed by atoms with Crippen molar-refractivity contribution in [3.8, 4) is 11.1 Å². The molecule has 4 nitrogen and oxygen atoms in total. The number of nitrogens with one attached hydrogen (secondary N) is 1. The normalized spacial score (nSPS) is 23.9. The molecule has 0 aromatic heterocycles. The highest BCUT2D eigenvalue weighted by Crippen LogP contribution is 2.51. The Morgan fingerprint density at radius 2 is 2.00 bits per heavy atom. The molecule has 0 radical (unpaired) electrons. The van der Waals surface area contributed by atoms with E-state index in [1.54, 1.807) is 16.7 Å². The van der Waals surface area contributed by atoms with Gasteiger partial charge in [-0.3, -0.25) is 9.80 Å². The fraction of sp³-hybridized carbons (Fsp3) is 0.435. The smallest absolute Gasteiger partial charge is 0.318 e. The summed E-state index contributed by atoms with van der Waals surface area (Å²) in [5.74, 6) is -0.498. The minimum atomic E-state index is -0.657. The van der Waals surface area contributed by atoms with Gasteiger partial charge in [0.05, 0.1) is 10.7 Å². The van der Waals surface area contributed by atoms with E-state index in [-0.39, 0.29) is 17.8 Å². The van der Waals surface area contributed by atoms with Gasteiger partial charge < -0.3 is 5.32 Å². The van der Waals surface area contributed by atoms with Crippen LogP contribution in [0.4, 0.5) is 19.3 Å². The molecule has 2 aromatic carbocycles. The maximum atomic E-state index is 14.8. The summed E-state index contributed by atoms with van der Waals surface area (Å²) in [7, 11) is 0. The fourth-order valence-electron chi connectivity index (χ4n) is 4.96. The Hall–Kier alpha value is -1.83. The summed E-state index contributed by atoms with van der Waals surface area (Å²) in [6.45, 7) is 3.68. The van der Waals surface area contributed by atoms with Crippen LogP contribution in [0.1, 0.15) is 44.3 Å². The van der Waals surface area contributed by atoms with Gasteiger partial charge in [-0.2, -0.15) is 0 Å². The van der Waals surface area contributed by atoms with Gasteiger partial charge in [-0.1, -0.05) is 18.0 Å². The summed E-state index contributed by atoms with van der Waals surface area (Å²) >= 11 is 8.36. The Bertz CT molecular complexity index is 1050. The first-order valence-corrected chi connectivity index (χ1v) is 12.1. The number of piperidine rings is 1. The molecule has 2 aromatic rings. The van der Waals surface area contributed by atoms with E-state index in [0.29, 0.717) is 23.2 Å². The van der Waals surface area contributed by atoms with E-state index in [0.717, 1.165) is 53.8 Å². The van der Waals surface area contributed by atoms with Crippen LogP contribution in [0.2, 0.25) is 5.02 Å². The number of nitrogens with zero attached hydrogens (tertiary/aromatic N) is 2. The third-order valence-electron chi connectivity index (χ3n) is 6.47. The molecule has 2 amide bonds. The van der Waals surface area contributed by atoms with Crippen molar-refractivity contribution in [3.63, 3.8) is 0 Å². The minimum Gasteiger partial charge on any atom is -0.318 e. The second-order valence-electron chi connectivity index (χ2n) is 8.41. The van der Waals surface area contributed by atoms with Crippen LogP contribution in [0.25, 0.3) is 11.1 Å². The van der Waals surface area contributed by atoms with Gasteiger partial charge in [-0.05, 0) is 50.1 Å². The number of thioether (sulfide) groups is 1. The zero-order valence-electron chi connectivity index (χ0n) is 17.3. The minimum absolute atomic E-state index is 0.133. The first kappa shape index (κ1) is 21.0. The predicted molar refractivity (Wildman–Crippen MR) is 121 cm³/mol. The first-order valence-electron chi connectivity index (χ1n) is 10.7. The molecule has 0 bridgehead atoms. The van der Waals surface area contributed by atoms with Crippen LogP contribution in [0.5, 0.6) is 0 Å². The van der Waals surface area contributed by atoms with Crippen LogP contribution in [0, 0.1) is 11.6 Å². The van der Waals surface area contributed by atoms with E-state index < -0.39 is 11.6 Å². The second-order valence-corrected chi connectivity index (χ2v) is 9.93. The van der Waals surface area contributed by atoms with E-state index in [2.05, 4.69) is 17.1 Å². The maximum absolute atomic E-state index is 14.8. The van der Waals surface area contributed by atoms with E-state index >= 15 is 0 Å².